The molecular weight excluding hydrogens is 402 g/mol. The number of para-hydroxylation sites is 2. The van der Waals surface area contributed by atoms with Crippen LogP contribution in [0.15, 0.2) is 71.1 Å². The van der Waals surface area contributed by atoms with Gasteiger partial charge in [0, 0.05) is 45.4 Å². The Labute approximate surface area is 194 Å². The van der Waals surface area contributed by atoms with Crippen molar-refractivity contribution >= 4 is 21.9 Å². The molecule has 7 rings (SSSR count). The molecule has 3 heterocycles. The Morgan fingerprint density at radius 2 is 1.58 bits per heavy atom. The molecule has 0 spiro atoms. The third-order valence-electron chi connectivity index (χ3n) is 8.41. The van der Waals surface area contributed by atoms with Crippen molar-refractivity contribution in [1.29, 1.82) is 0 Å². The first-order chi connectivity index (χ1) is 15.9. The maximum absolute atomic E-state index is 6.49. The minimum atomic E-state index is -0.139. The Hall–Kier alpha value is -3.39. The number of aryl methyl sites for hydroxylation is 1. The van der Waals surface area contributed by atoms with Gasteiger partial charge in [0.05, 0.1) is 5.56 Å². The Bertz CT molecular complexity index is 1630. The summed E-state index contributed by atoms with van der Waals surface area (Å²) in [5.74, 6) is 1.47. The molecule has 0 N–H and O–H groups in total. The fourth-order valence-corrected chi connectivity index (χ4v) is 6.71. The van der Waals surface area contributed by atoms with Crippen LogP contribution in [0.25, 0.3) is 44.5 Å². The van der Waals surface area contributed by atoms with Crippen LogP contribution in [0.2, 0.25) is 0 Å². The third kappa shape index (κ3) is 2.22. The first kappa shape index (κ1) is 19.1. The van der Waals surface area contributed by atoms with Gasteiger partial charge in [-0.15, -0.1) is 0 Å². The largest absolute Gasteiger partial charge is 0.456 e. The highest BCUT2D eigenvalue weighted by atomic mass is 16.3. The van der Waals surface area contributed by atoms with Crippen LogP contribution >= 0.6 is 0 Å². The highest BCUT2D eigenvalue weighted by Crippen LogP contribution is 2.57. The summed E-state index contributed by atoms with van der Waals surface area (Å²) < 4.78 is 9.07. The number of pyridine rings is 1. The lowest BCUT2D eigenvalue weighted by molar-refractivity contribution is -0.689. The average molecular weight is 431 g/mol. The Kier molecular flexibility index (Phi) is 3.55. The molecule has 1 aliphatic heterocycles. The molecule has 0 bridgehead atoms. The highest BCUT2D eigenvalue weighted by molar-refractivity contribution is 5.97. The van der Waals surface area contributed by atoms with Gasteiger partial charge in [0.1, 0.15) is 11.3 Å². The predicted octanol–water partition coefficient (Wildman–Crippen LogP) is 7.83. The number of hydrogen-bond donors (Lipinski definition) is 0. The van der Waals surface area contributed by atoms with Gasteiger partial charge in [-0.2, -0.15) is 4.57 Å². The van der Waals surface area contributed by atoms with Gasteiger partial charge < -0.3 is 4.42 Å². The van der Waals surface area contributed by atoms with Crippen LogP contribution in [-0.4, -0.2) is 0 Å². The van der Waals surface area contributed by atoms with E-state index in [0.717, 1.165) is 11.3 Å². The molecule has 0 fully saturated rings. The molecule has 2 aliphatic rings. The van der Waals surface area contributed by atoms with Crippen LogP contribution in [-0.2, 0) is 5.41 Å². The van der Waals surface area contributed by atoms with Crippen LogP contribution in [0.5, 0.6) is 0 Å². The van der Waals surface area contributed by atoms with Crippen LogP contribution in [0.3, 0.4) is 0 Å². The van der Waals surface area contributed by atoms with Gasteiger partial charge in [0.2, 0.25) is 11.2 Å². The van der Waals surface area contributed by atoms with E-state index >= 15 is 0 Å². The van der Waals surface area contributed by atoms with E-state index in [2.05, 4.69) is 106 Å². The number of hydrogen-bond acceptors (Lipinski definition) is 1. The summed E-state index contributed by atoms with van der Waals surface area (Å²) in [6, 6.07) is 24.8. The number of rotatable bonds is 0. The molecule has 0 saturated heterocycles. The van der Waals surface area contributed by atoms with E-state index in [0.29, 0.717) is 12.0 Å². The van der Waals surface area contributed by atoms with E-state index in [-0.39, 0.29) is 5.41 Å². The smallest absolute Gasteiger partial charge is 0.214 e. The van der Waals surface area contributed by atoms with Gasteiger partial charge in [-0.3, -0.25) is 0 Å². The zero-order valence-corrected chi connectivity index (χ0v) is 19.9. The molecule has 1 aliphatic carbocycles. The van der Waals surface area contributed by atoms with Crippen molar-refractivity contribution < 1.29 is 8.98 Å². The predicted molar refractivity (Wildman–Crippen MR) is 135 cm³/mol. The van der Waals surface area contributed by atoms with Crippen molar-refractivity contribution in [2.45, 2.75) is 52.0 Å². The van der Waals surface area contributed by atoms with Crippen molar-refractivity contribution in [3.8, 4) is 22.6 Å². The maximum atomic E-state index is 6.49. The molecule has 5 aromatic rings. The van der Waals surface area contributed by atoms with E-state index < -0.39 is 0 Å². The Balaban J connectivity index is 1.63. The number of nitrogens with zero attached hydrogens (tertiary/aromatic N) is 1. The standard InChI is InChI=1S/C31H28NO/c1-17-16-25-27-21(18(2)19(3)32(25)24-12-8-6-10-20(17)24)14-15-23-28(27)31(4,5)29-22-11-7-9-13-26(22)33-30(23)29/h6-16,18-19H,1-5H3/q+1. The lowest BCUT2D eigenvalue weighted by atomic mass is 9.73. The molecule has 33 heavy (non-hydrogen) atoms. The summed E-state index contributed by atoms with van der Waals surface area (Å²) in [5, 5.41) is 2.58. The number of benzene rings is 3. The van der Waals surface area contributed by atoms with E-state index in [9.17, 15) is 0 Å². The van der Waals surface area contributed by atoms with E-state index in [1.54, 1.807) is 0 Å². The zero-order valence-electron chi connectivity index (χ0n) is 19.9. The molecule has 2 nitrogen and oxygen atoms in total. The van der Waals surface area contributed by atoms with Crippen molar-refractivity contribution in [3.63, 3.8) is 0 Å². The summed E-state index contributed by atoms with van der Waals surface area (Å²) in [6.07, 6.45) is 0. The van der Waals surface area contributed by atoms with Crippen molar-refractivity contribution in [2.24, 2.45) is 0 Å². The second kappa shape index (κ2) is 6.14. The molecule has 0 radical (unpaired) electrons. The van der Waals surface area contributed by atoms with Gasteiger partial charge in [0.25, 0.3) is 0 Å². The summed E-state index contributed by atoms with van der Waals surface area (Å²) in [7, 11) is 0. The molecule has 162 valence electrons. The van der Waals surface area contributed by atoms with Crippen LogP contribution < -0.4 is 4.57 Å². The monoisotopic (exact) mass is 430 g/mol. The number of furan rings is 1. The molecule has 2 atom stereocenters. The average Bonchev–Trinajstić information content (AvgIpc) is 3.31. The Morgan fingerprint density at radius 3 is 2.39 bits per heavy atom. The normalized spacial score (nSPS) is 19.9. The molecule has 2 heteroatoms. The molecular formula is C31H28NO+. The van der Waals surface area contributed by atoms with Crippen LogP contribution in [0.4, 0.5) is 0 Å². The minimum Gasteiger partial charge on any atom is -0.456 e. The van der Waals surface area contributed by atoms with Gasteiger partial charge in [-0.05, 0) is 42.7 Å². The van der Waals surface area contributed by atoms with Crippen molar-refractivity contribution in [1.82, 2.24) is 0 Å². The lowest BCUT2D eigenvalue weighted by Crippen LogP contribution is -2.47. The summed E-state index contributed by atoms with van der Waals surface area (Å²) in [5.41, 5.74) is 11.7. The third-order valence-corrected chi connectivity index (χ3v) is 8.41. The van der Waals surface area contributed by atoms with E-state index in [4.69, 9.17) is 4.42 Å². The van der Waals surface area contributed by atoms with E-state index in [1.165, 1.54) is 55.4 Å². The van der Waals surface area contributed by atoms with Crippen molar-refractivity contribution in [3.05, 3.63) is 89.0 Å². The second-order valence-corrected chi connectivity index (χ2v) is 10.5. The molecule has 0 amide bonds. The topological polar surface area (TPSA) is 17.0 Å². The van der Waals surface area contributed by atoms with E-state index in [1.807, 2.05) is 0 Å². The quantitative estimate of drug-likeness (QED) is 0.229. The number of aromatic nitrogens is 1. The summed E-state index contributed by atoms with van der Waals surface area (Å²) >= 11 is 0. The Morgan fingerprint density at radius 1 is 0.848 bits per heavy atom. The van der Waals surface area contributed by atoms with Gasteiger partial charge in [-0.25, -0.2) is 0 Å². The maximum Gasteiger partial charge on any atom is 0.214 e. The number of fused-ring (bicyclic) bond motifs is 11. The first-order valence-electron chi connectivity index (χ1n) is 12.0. The van der Waals surface area contributed by atoms with Gasteiger partial charge in [0.15, 0.2) is 6.04 Å². The zero-order chi connectivity index (χ0) is 22.6. The molecule has 3 aromatic carbocycles. The minimum absolute atomic E-state index is 0.139. The molecule has 2 unspecified atom stereocenters. The van der Waals surface area contributed by atoms with Crippen LogP contribution in [0.1, 0.15) is 61.9 Å². The first-order valence-corrected chi connectivity index (χ1v) is 12.0. The van der Waals surface area contributed by atoms with Gasteiger partial charge >= 0.3 is 0 Å². The summed E-state index contributed by atoms with van der Waals surface area (Å²) in [6.45, 7) is 11.8. The fourth-order valence-electron chi connectivity index (χ4n) is 6.71. The molecule has 2 aromatic heterocycles. The van der Waals surface area contributed by atoms with Crippen LogP contribution in [0, 0.1) is 6.92 Å². The summed E-state index contributed by atoms with van der Waals surface area (Å²) in [4.78, 5) is 0. The van der Waals surface area contributed by atoms with Crippen molar-refractivity contribution in [2.75, 3.05) is 0 Å². The van der Waals surface area contributed by atoms with Gasteiger partial charge in [-0.1, -0.05) is 63.2 Å². The highest BCUT2D eigenvalue weighted by Gasteiger charge is 2.47. The molecule has 0 saturated carbocycles. The second-order valence-electron chi connectivity index (χ2n) is 10.5. The lowest BCUT2D eigenvalue weighted by Gasteiger charge is -2.32. The fraction of sp³-hybridized carbons (Fsp3) is 0.258. The SMILES string of the molecule is Cc1cc2[n+](c3ccccc13)C(C)C(C)c1ccc3c(c1-2)C(C)(C)c1c-3oc2ccccc12.